The number of nitrogens with one attached hydrogen (secondary N) is 2. The normalized spacial score (nSPS) is 22.9. The highest BCUT2D eigenvalue weighted by Gasteiger charge is 2.27. The molecule has 3 heteroatoms. The summed E-state index contributed by atoms with van der Waals surface area (Å²) in [6, 6.07) is 9.00. The Balaban J connectivity index is 1.65. The highest BCUT2D eigenvalue weighted by molar-refractivity contribution is 5.77. The zero-order valence-electron chi connectivity index (χ0n) is 9.20. The lowest BCUT2D eigenvalue weighted by atomic mass is 10.0. The van der Waals surface area contributed by atoms with Gasteiger partial charge in [0.05, 0.1) is 0 Å². The van der Waals surface area contributed by atoms with Gasteiger partial charge in [0.1, 0.15) is 0 Å². The molecule has 3 rings (SSSR count). The van der Waals surface area contributed by atoms with E-state index in [4.69, 9.17) is 0 Å². The van der Waals surface area contributed by atoms with E-state index in [1.54, 1.807) is 0 Å². The summed E-state index contributed by atoms with van der Waals surface area (Å²) in [4.78, 5) is 11.7. The van der Waals surface area contributed by atoms with E-state index in [9.17, 15) is 4.79 Å². The second kappa shape index (κ2) is 3.91. The maximum atomic E-state index is 11.7. The van der Waals surface area contributed by atoms with Crippen molar-refractivity contribution in [2.45, 2.75) is 37.9 Å². The van der Waals surface area contributed by atoms with Gasteiger partial charge in [-0.25, -0.2) is 0 Å². The summed E-state index contributed by atoms with van der Waals surface area (Å²) in [6.07, 6.45) is 2.87. The summed E-state index contributed by atoms with van der Waals surface area (Å²) >= 11 is 0. The molecule has 1 unspecified atom stereocenters. The fraction of sp³-hybridized carbons (Fsp3) is 0.462. The molecule has 1 aliphatic carbocycles. The molecule has 0 spiro atoms. The first-order valence-corrected chi connectivity index (χ1v) is 5.93. The molecule has 1 aromatic carbocycles. The van der Waals surface area contributed by atoms with Crippen LogP contribution in [0.3, 0.4) is 0 Å². The summed E-state index contributed by atoms with van der Waals surface area (Å²) in [5, 5.41) is 6.42. The van der Waals surface area contributed by atoms with E-state index in [2.05, 4.69) is 22.8 Å². The predicted octanol–water partition coefficient (Wildman–Crippen LogP) is 1.50. The molecule has 2 N–H and O–H groups in total. The molecule has 0 aromatic heterocycles. The third-order valence-corrected chi connectivity index (χ3v) is 3.30. The number of amides is 1. The third kappa shape index (κ3) is 1.95. The molecule has 3 nitrogen and oxygen atoms in total. The number of fused-ring (bicyclic) bond motifs is 1. The van der Waals surface area contributed by atoms with Crippen molar-refractivity contribution >= 4 is 5.91 Å². The van der Waals surface area contributed by atoms with E-state index in [-0.39, 0.29) is 11.9 Å². The van der Waals surface area contributed by atoms with Gasteiger partial charge in [-0.1, -0.05) is 24.3 Å². The second-order valence-corrected chi connectivity index (χ2v) is 4.68. The molecule has 0 bridgehead atoms. The van der Waals surface area contributed by atoms with Gasteiger partial charge in [0, 0.05) is 25.0 Å². The summed E-state index contributed by atoms with van der Waals surface area (Å²) in [5.41, 5.74) is 2.61. The Hall–Kier alpha value is -1.35. The van der Waals surface area contributed by atoms with Crippen molar-refractivity contribution in [3.8, 4) is 0 Å². The molecule has 1 fully saturated rings. The van der Waals surface area contributed by atoms with Crippen molar-refractivity contribution in [3.05, 3.63) is 35.4 Å². The Kier molecular flexibility index (Phi) is 2.40. The van der Waals surface area contributed by atoms with Crippen LogP contribution in [0.1, 0.15) is 36.4 Å². The smallest absolute Gasteiger partial charge is 0.222 e. The highest BCUT2D eigenvalue weighted by atomic mass is 16.1. The molecule has 84 valence electrons. The molecule has 1 atom stereocenters. The molecule has 0 saturated heterocycles. The van der Waals surface area contributed by atoms with Crippen LogP contribution in [0.2, 0.25) is 0 Å². The lowest BCUT2D eigenvalue weighted by Gasteiger charge is -2.11. The fourth-order valence-electron chi connectivity index (χ4n) is 2.26. The number of hydrogen-bond donors (Lipinski definition) is 2. The van der Waals surface area contributed by atoms with Crippen molar-refractivity contribution in [2.24, 2.45) is 0 Å². The topological polar surface area (TPSA) is 41.1 Å². The predicted molar refractivity (Wildman–Crippen MR) is 61.8 cm³/mol. The van der Waals surface area contributed by atoms with E-state index in [0.29, 0.717) is 12.5 Å². The van der Waals surface area contributed by atoms with Crippen molar-refractivity contribution in [2.75, 3.05) is 0 Å². The van der Waals surface area contributed by atoms with Gasteiger partial charge in [-0.2, -0.15) is 0 Å². The Bertz CT molecular complexity index is 412. The van der Waals surface area contributed by atoms with Gasteiger partial charge in [0.25, 0.3) is 0 Å². The lowest BCUT2D eigenvalue weighted by molar-refractivity contribution is -0.121. The van der Waals surface area contributed by atoms with Crippen LogP contribution < -0.4 is 10.6 Å². The Morgan fingerprint density at radius 3 is 3.00 bits per heavy atom. The Labute approximate surface area is 95.2 Å². The minimum Gasteiger partial charge on any atom is -0.353 e. The van der Waals surface area contributed by atoms with E-state index in [1.807, 2.05) is 12.1 Å². The number of benzene rings is 1. The maximum Gasteiger partial charge on any atom is 0.222 e. The molecular formula is C13H16N2O. The van der Waals surface area contributed by atoms with Gasteiger partial charge in [-0.05, 0) is 24.0 Å². The van der Waals surface area contributed by atoms with Gasteiger partial charge in [-0.3, -0.25) is 4.79 Å². The van der Waals surface area contributed by atoms with Crippen molar-refractivity contribution in [1.29, 1.82) is 0 Å². The molecule has 1 heterocycles. The number of carbonyl (C=O) groups excluding carboxylic acids is 1. The monoisotopic (exact) mass is 216 g/mol. The van der Waals surface area contributed by atoms with Gasteiger partial charge in [0.2, 0.25) is 5.91 Å². The Morgan fingerprint density at radius 1 is 1.38 bits per heavy atom. The van der Waals surface area contributed by atoms with E-state index in [1.165, 1.54) is 11.1 Å². The van der Waals surface area contributed by atoms with E-state index >= 15 is 0 Å². The zero-order chi connectivity index (χ0) is 11.0. The first-order valence-electron chi connectivity index (χ1n) is 5.93. The maximum absolute atomic E-state index is 11.7. The molecule has 1 saturated carbocycles. The molecule has 1 amide bonds. The summed E-state index contributed by atoms with van der Waals surface area (Å²) in [5.74, 6) is 0.178. The third-order valence-electron chi connectivity index (χ3n) is 3.30. The first-order chi connectivity index (χ1) is 7.83. The fourth-order valence-corrected chi connectivity index (χ4v) is 2.26. The van der Waals surface area contributed by atoms with E-state index < -0.39 is 0 Å². The number of hydrogen-bond acceptors (Lipinski definition) is 2. The summed E-state index contributed by atoms with van der Waals surface area (Å²) < 4.78 is 0. The van der Waals surface area contributed by atoms with Crippen molar-refractivity contribution in [3.63, 3.8) is 0 Å². The van der Waals surface area contributed by atoms with Crippen LogP contribution in [-0.4, -0.2) is 11.9 Å². The van der Waals surface area contributed by atoms with Gasteiger partial charge in [-0.15, -0.1) is 0 Å². The second-order valence-electron chi connectivity index (χ2n) is 4.68. The molecule has 1 aliphatic heterocycles. The quantitative estimate of drug-likeness (QED) is 0.804. The lowest BCUT2D eigenvalue weighted by Crippen LogP contribution is -2.29. The highest BCUT2D eigenvalue weighted by Crippen LogP contribution is 2.27. The van der Waals surface area contributed by atoms with Crippen LogP contribution in [0, 0.1) is 0 Å². The SMILES string of the molecule is O=C(CC1NCc2ccccc21)NC1CC1. The van der Waals surface area contributed by atoms with Crippen LogP contribution >= 0.6 is 0 Å². The molecular weight excluding hydrogens is 200 g/mol. The first kappa shape index (κ1) is 9.85. The standard InChI is InChI=1S/C13H16N2O/c16-13(15-10-5-6-10)7-12-11-4-2-1-3-9(11)8-14-12/h1-4,10,12,14H,5-8H2,(H,15,16). The van der Waals surface area contributed by atoms with Crippen molar-refractivity contribution in [1.82, 2.24) is 10.6 Å². The number of carbonyl (C=O) groups is 1. The van der Waals surface area contributed by atoms with Crippen LogP contribution in [-0.2, 0) is 11.3 Å². The summed E-state index contributed by atoms with van der Waals surface area (Å²) in [7, 11) is 0. The van der Waals surface area contributed by atoms with Crippen LogP contribution in [0.5, 0.6) is 0 Å². The Morgan fingerprint density at radius 2 is 2.19 bits per heavy atom. The van der Waals surface area contributed by atoms with Crippen LogP contribution in [0.4, 0.5) is 0 Å². The van der Waals surface area contributed by atoms with Crippen LogP contribution in [0.15, 0.2) is 24.3 Å². The minimum atomic E-state index is 0.178. The summed E-state index contributed by atoms with van der Waals surface area (Å²) in [6.45, 7) is 0.886. The largest absolute Gasteiger partial charge is 0.353 e. The molecule has 16 heavy (non-hydrogen) atoms. The average Bonchev–Trinajstić information content (AvgIpc) is 3.00. The number of rotatable bonds is 3. The van der Waals surface area contributed by atoms with Gasteiger partial charge in [0.15, 0.2) is 0 Å². The minimum absolute atomic E-state index is 0.178. The average molecular weight is 216 g/mol. The van der Waals surface area contributed by atoms with Crippen molar-refractivity contribution < 1.29 is 4.79 Å². The molecule has 0 radical (unpaired) electrons. The zero-order valence-corrected chi connectivity index (χ0v) is 9.20. The molecule has 1 aromatic rings. The molecule has 2 aliphatic rings. The van der Waals surface area contributed by atoms with Gasteiger partial charge < -0.3 is 10.6 Å². The van der Waals surface area contributed by atoms with E-state index in [0.717, 1.165) is 19.4 Å². The van der Waals surface area contributed by atoms with Gasteiger partial charge >= 0.3 is 0 Å². The van der Waals surface area contributed by atoms with Crippen LogP contribution in [0.25, 0.3) is 0 Å².